The number of carbonyl (C=O) groups excluding carboxylic acids is 1. The lowest BCUT2D eigenvalue weighted by Crippen LogP contribution is -2.17. The third kappa shape index (κ3) is 5.09. The first-order valence-corrected chi connectivity index (χ1v) is 11.6. The van der Waals surface area contributed by atoms with Crippen LogP contribution in [0.15, 0.2) is 47.6 Å². The zero-order valence-electron chi connectivity index (χ0n) is 17.9. The van der Waals surface area contributed by atoms with Crippen LogP contribution in [0.5, 0.6) is 11.5 Å². The van der Waals surface area contributed by atoms with Gasteiger partial charge >= 0.3 is 0 Å². The number of carbonyl (C=O) groups is 1. The number of halogens is 1. The topological polar surface area (TPSA) is 75.5 Å². The molecule has 7 nitrogen and oxygen atoms in total. The van der Waals surface area contributed by atoms with Crippen LogP contribution in [0.2, 0.25) is 5.02 Å². The van der Waals surface area contributed by atoms with Crippen LogP contribution in [-0.2, 0) is 11.3 Å². The van der Waals surface area contributed by atoms with E-state index in [1.165, 1.54) is 11.8 Å². The Bertz CT molecular complexity index is 1080. The number of benzene rings is 2. The summed E-state index contributed by atoms with van der Waals surface area (Å²) < 4.78 is 18.5. The fourth-order valence-corrected chi connectivity index (χ4v) is 4.56. The van der Waals surface area contributed by atoms with Crippen LogP contribution in [0.3, 0.4) is 0 Å². The highest BCUT2D eigenvalue weighted by molar-refractivity contribution is 7.99. The maximum atomic E-state index is 13.0. The predicted molar refractivity (Wildman–Crippen MR) is 124 cm³/mol. The minimum absolute atomic E-state index is 0.0783. The lowest BCUT2D eigenvalue weighted by atomic mass is 10.1. The average molecular weight is 474 g/mol. The van der Waals surface area contributed by atoms with E-state index in [0.29, 0.717) is 33.8 Å². The summed E-state index contributed by atoms with van der Waals surface area (Å²) in [5.74, 6) is 1.95. The highest BCUT2D eigenvalue weighted by Crippen LogP contribution is 2.30. The van der Waals surface area contributed by atoms with Crippen molar-refractivity contribution in [3.8, 4) is 22.9 Å². The molecule has 0 radical (unpaired) electrons. The number of aromatic nitrogens is 3. The molecular formula is C23H24ClN3O4S. The first kappa shape index (κ1) is 22.6. The van der Waals surface area contributed by atoms with Crippen LogP contribution >= 0.6 is 23.4 Å². The van der Waals surface area contributed by atoms with Gasteiger partial charge in [-0.05, 0) is 55.3 Å². The molecule has 9 heteroatoms. The Kier molecular flexibility index (Phi) is 7.34. The van der Waals surface area contributed by atoms with Crippen LogP contribution in [0.4, 0.5) is 0 Å². The first-order chi connectivity index (χ1) is 15.6. The number of ether oxygens (including phenoxy) is 3. The molecule has 0 aliphatic carbocycles. The number of ketones is 1. The maximum Gasteiger partial charge on any atom is 0.192 e. The Balaban J connectivity index is 1.58. The van der Waals surface area contributed by atoms with Crippen LogP contribution in [0, 0.1) is 0 Å². The fraction of sp³-hybridized carbons (Fsp3) is 0.348. The van der Waals surface area contributed by atoms with Crippen molar-refractivity contribution in [3.63, 3.8) is 0 Å². The minimum atomic E-state index is -0.0783. The molecule has 0 amide bonds. The van der Waals surface area contributed by atoms with E-state index < -0.39 is 0 Å². The average Bonchev–Trinajstić information content (AvgIpc) is 3.48. The molecule has 0 unspecified atom stereocenters. The number of rotatable bonds is 9. The molecule has 32 heavy (non-hydrogen) atoms. The largest absolute Gasteiger partial charge is 0.497 e. The molecule has 168 valence electrons. The number of hydrogen-bond donors (Lipinski definition) is 0. The zero-order chi connectivity index (χ0) is 22.5. The summed E-state index contributed by atoms with van der Waals surface area (Å²) in [5.41, 5.74) is 1.38. The van der Waals surface area contributed by atoms with E-state index in [0.717, 1.165) is 30.8 Å². The van der Waals surface area contributed by atoms with Crippen LogP contribution < -0.4 is 9.47 Å². The predicted octanol–water partition coefficient (Wildman–Crippen LogP) is 4.77. The Hall–Kier alpha value is -2.55. The number of thioether (sulfide) groups is 1. The molecule has 4 rings (SSSR count). The van der Waals surface area contributed by atoms with Gasteiger partial charge in [0.05, 0.1) is 38.2 Å². The van der Waals surface area contributed by atoms with E-state index in [4.69, 9.17) is 25.8 Å². The first-order valence-electron chi connectivity index (χ1n) is 10.3. The highest BCUT2D eigenvalue weighted by Gasteiger charge is 2.23. The SMILES string of the molecule is COc1ccc(OC)c(C(=O)CSc2nnc(-c3ccc(Cl)cc3)n2C[C@@H]2CCCO2)c1. The second-order valence-electron chi connectivity index (χ2n) is 7.34. The molecule has 0 N–H and O–H groups in total. The molecule has 1 saturated heterocycles. The van der Waals surface area contributed by atoms with Crippen molar-refractivity contribution >= 4 is 29.1 Å². The summed E-state index contributed by atoms with van der Waals surface area (Å²) in [6.45, 7) is 1.39. The second kappa shape index (κ2) is 10.4. The van der Waals surface area contributed by atoms with Crippen molar-refractivity contribution in [1.29, 1.82) is 0 Å². The number of nitrogens with zero attached hydrogens (tertiary/aromatic N) is 3. The molecule has 1 atom stereocenters. The van der Waals surface area contributed by atoms with Crippen LogP contribution in [-0.4, -0.2) is 53.2 Å². The smallest absolute Gasteiger partial charge is 0.192 e. The van der Waals surface area contributed by atoms with Gasteiger partial charge in [0.2, 0.25) is 0 Å². The summed E-state index contributed by atoms with van der Waals surface area (Å²) in [6, 6.07) is 12.7. The third-order valence-electron chi connectivity index (χ3n) is 5.27. The van der Waals surface area contributed by atoms with Crippen LogP contribution in [0.1, 0.15) is 23.2 Å². The number of Topliss-reactive ketones (excluding diaryl/α,β-unsaturated/α-hetero) is 1. The van der Waals surface area contributed by atoms with Crippen molar-refractivity contribution in [3.05, 3.63) is 53.1 Å². The van der Waals surface area contributed by atoms with Crippen molar-refractivity contribution in [2.75, 3.05) is 26.6 Å². The van der Waals surface area contributed by atoms with Gasteiger partial charge in [-0.2, -0.15) is 0 Å². The summed E-state index contributed by atoms with van der Waals surface area (Å²) >= 11 is 7.39. The molecule has 2 aromatic carbocycles. The molecule has 0 saturated carbocycles. The van der Waals surface area contributed by atoms with Gasteiger partial charge in [-0.25, -0.2) is 0 Å². The third-order valence-corrected chi connectivity index (χ3v) is 6.49. The Morgan fingerprint density at radius 1 is 1.19 bits per heavy atom. The van der Waals surface area contributed by atoms with Gasteiger partial charge in [-0.3, -0.25) is 9.36 Å². The molecule has 1 aliphatic rings. The maximum absolute atomic E-state index is 13.0. The Morgan fingerprint density at radius 3 is 2.69 bits per heavy atom. The standard InChI is InChI=1S/C23H24ClN3O4S/c1-29-17-9-10-21(30-2)19(12-17)20(28)14-32-23-26-25-22(15-5-7-16(24)8-6-15)27(23)13-18-4-3-11-31-18/h5-10,12,18H,3-4,11,13-14H2,1-2H3/t18-/m0/s1. The van der Waals surface area contributed by atoms with Gasteiger partial charge in [0.1, 0.15) is 11.5 Å². The van der Waals surface area contributed by atoms with E-state index in [2.05, 4.69) is 10.2 Å². The van der Waals surface area contributed by atoms with Gasteiger partial charge in [-0.1, -0.05) is 23.4 Å². The summed E-state index contributed by atoms with van der Waals surface area (Å²) in [7, 11) is 3.11. The summed E-state index contributed by atoms with van der Waals surface area (Å²) in [4.78, 5) is 13.0. The summed E-state index contributed by atoms with van der Waals surface area (Å²) in [6.07, 6.45) is 2.13. The molecule has 0 bridgehead atoms. The number of hydrogen-bond acceptors (Lipinski definition) is 7. The van der Waals surface area contributed by atoms with E-state index in [-0.39, 0.29) is 17.6 Å². The van der Waals surface area contributed by atoms with Crippen LogP contribution in [0.25, 0.3) is 11.4 Å². The molecule has 3 aromatic rings. The molecule has 0 spiro atoms. The molecule has 1 aromatic heterocycles. The van der Waals surface area contributed by atoms with E-state index in [1.807, 2.05) is 28.8 Å². The van der Waals surface area contributed by atoms with Gasteiger partial charge in [0, 0.05) is 17.2 Å². The van der Waals surface area contributed by atoms with E-state index in [9.17, 15) is 4.79 Å². The van der Waals surface area contributed by atoms with Gasteiger partial charge in [0.25, 0.3) is 0 Å². The molecular weight excluding hydrogens is 450 g/mol. The zero-order valence-corrected chi connectivity index (χ0v) is 19.5. The van der Waals surface area contributed by atoms with E-state index in [1.54, 1.807) is 32.4 Å². The quantitative estimate of drug-likeness (QED) is 0.327. The molecule has 1 fully saturated rings. The molecule has 1 aliphatic heterocycles. The van der Waals surface area contributed by atoms with Crippen molar-refractivity contribution in [2.24, 2.45) is 0 Å². The summed E-state index contributed by atoms with van der Waals surface area (Å²) in [5, 5.41) is 10.1. The number of methoxy groups -OCH3 is 2. The lowest BCUT2D eigenvalue weighted by Gasteiger charge is -2.15. The lowest BCUT2D eigenvalue weighted by molar-refractivity contribution is 0.0953. The van der Waals surface area contributed by atoms with Gasteiger partial charge in [0.15, 0.2) is 16.8 Å². The molecule has 2 heterocycles. The van der Waals surface area contributed by atoms with Crippen molar-refractivity contribution in [1.82, 2.24) is 14.8 Å². The second-order valence-corrected chi connectivity index (χ2v) is 8.72. The van der Waals surface area contributed by atoms with Crippen molar-refractivity contribution in [2.45, 2.75) is 30.6 Å². The van der Waals surface area contributed by atoms with E-state index >= 15 is 0 Å². The monoisotopic (exact) mass is 473 g/mol. The van der Waals surface area contributed by atoms with Crippen molar-refractivity contribution < 1.29 is 19.0 Å². The minimum Gasteiger partial charge on any atom is -0.497 e. The van der Waals surface area contributed by atoms with Gasteiger partial charge in [-0.15, -0.1) is 10.2 Å². The van der Waals surface area contributed by atoms with Gasteiger partial charge < -0.3 is 14.2 Å². The highest BCUT2D eigenvalue weighted by atomic mass is 35.5. The fourth-order valence-electron chi connectivity index (χ4n) is 3.60. The Morgan fingerprint density at radius 2 is 2.00 bits per heavy atom. The normalized spacial score (nSPS) is 15.7. The Labute approximate surface area is 196 Å².